The monoisotopic (exact) mass is 424 g/mol. The summed E-state index contributed by atoms with van der Waals surface area (Å²) >= 11 is 3.34. The predicted molar refractivity (Wildman–Crippen MR) is 109 cm³/mol. The Bertz CT molecular complexity index is 928. The van der Waals surface area contributed by atoms with E-state index in [9.17, 15) is 9.59 Å². The maximum absolute atomic E-state index is 12.5. The van der Waals surface area contributed by atoms with Gasteiger partial charge < -0.3 is 15.4 Å². The molecule has 3 aromatic rings. The van der Waals surface area contributed by atoms with Gasteiger partial charge >= 0.3 is 0 Å². The predicted octanol–water partition coefficient (Wildman–Crippen LogP) is 4.72. The van der Waals surface area contributed by atoms with Crippen LogP contribution in [0.1, 0.15) is 10.4 Å². The number of ether oxygens (including phenoxy) is 1. The van der Waals surface area contributed by atoms with Gasteiger partial charge in [-0.3, -0.25) is 9.59 Å². The number of benzene rings is 3. The van der Waals surface area contributed by atoms with E-state index < -0.39 is 0 Å². The minimum atomic E-state index is -0.310. The molecule has 0 radical (unpaired) electrons. The number of halogens is 1. The Kier molecular flexibility index (Phi) is 6.22. The molecule has 0 aliphatic carbocycles. The number of para-hydroxylation sites is 2. The Morgan fingerprint density at radius 2 is 1.41 bits per heavy atom. The molecule has 2 N–H and O–H groups in total. The molecule has 0 saturated carbocycles. The van der Waals surface area contributed by atoms with E-state index in [2.05, 4.69) is 26.6 Å². The Hall–Kier alpha value is -3.12. The van der Waals surface area contributed by atoms with Crippen molar-refractivity contribution < 1.29 is 14.3 Å². The third-order valence-corrected chi connectivity index (χ3v) is 4.18. The van der Waals surface area contributed by atoms with Gasteiger partial charge in [0.25, 0.3) is 11.8 Å². The van der Waals surface area contributed by atoms with E-state index in [1.54, 1.807) is 48.5 Å². The van der Waals surface area contributed by atoms with Gasteiger partial charge in [-0.1, -0.05) is 46.3 Å². The average Bonchev–Trinajstić information content (AvgIpc) is 2.69. The van der Waals surface area contributed by atoms with E-state index in [1.165, 1.54) is 0 Å². The van der Waals surface area contributed by atoms with Crippen molar-refractivity contribution in [3.63, 3.8) is 0 Å². The van der Waals surface area contributed by atoms with E-state index in [0.717, 1.165) is 4.47 Å². The lowest BCUT2D eigenvalue weighted by molar-refractivity contribution is -0.118. The molecule has 5 nitrogen and oxygen atoms in total. The van der Waals surface area contributed by atoms with Crippen molar-refractivity contribution in [2.24, 2.45) is 0 Å². The molecule has 0 saturated heterocycles. The van der Waals surface area contributed by atoms with Crippen LogP contribution in [0.25, 0.3) is 0 Å². The molecular weight excluding hydrogens is 408 g/mol. The van der Waals surface area contributed by atoms with Crippen LogP contribution >= 0.6 is 15.9 Å². The normalized spacial score (nSPS) is 10.1. The maximum atomic E-state index is 12.5. The minimum Gasteiger partial charge on any atom is -0.483 e. The molecule has 0 spiro atoms. The van der Waals surface area contributed by atoms with Crippen LogP contribution in [0.2, 0.25) is 0 Å². The highest BCUT2D eigenvalue weighted by atomic mass is 79.9. The lowest BCUT2D eigenvalue weighted by Gasteiger charge is -2.12. The van der Waals surface area contributed by atoms with Crippen LogP contribution in [0, 0.1) is 0 Å². The van der Waals surface area contributed by atoms with Gasteiger partial charge in [-0.15, -0.1) is 0 Å². The summed E-state index contributed by atoms with van der Waals surface area (Å²) in [4.78, 5) is 24.6. The van der Waals surface area contributed by atoms with Crippen molar-refractivity contribution in [3.8, 4) is 5.75 Å². The number of anilines is 2. The fraction of sp³-hybridized carbons (Fsp3) is 0.0476. The van der Waals surface area contributed by atoms with E-state index in [0.29, 0.717) is 22.7 Å². The first-order chi connectivity index (χ1) is 13.1. The highest BCUT2D eigenvalue weighted by molar-refractivity contribution is 9.10. The zero-order valence-corrected chi connectivity index (χ0v) is 15.9. The Balaban J connectivity index is 1.62. The summed E-state index contributed by atoms with van der Waals surface area (Å²) in [7, 11) is 0. The summed E-state index contributed by atoms with van der Waals surface area (Å²) in [5.74, 6) is -0.266. The Morgan fingerprint density at radius 3 is 2.15 bits per heavy atom. The molecule has 0 unspecified atom stereocenters. The lowest BCUT2D eigenvalue weighted by Crippen LogP contribution is -2.21. The standard InChI is InChI=1S/C21H17BrN2O3/c22-15-10-12-17(13-11-15)23-20(25)14-27-19-9-5-4-8-18(19)21(26)24-16-6-2-1-3-7-16/h1-13H,14H2,(H,23,25)(H,24,26). The summed E-state index contributed by atoms with van der Waals surface area (Å²) in [6.45, 7) is -0.203. The van der Waals surface area contributed by atoms with Gasteiger partial charge in [0.05, 0.1) is 5.56 Å². The van der Waals surface area contributed by atoms with Gasteiger partial charge in [-0.2, -0.15) is 0 Å². The third kappa shape index (κ3) is 5.43. The number of hydrogen-bond acceptors (Lipinski definition) is 3. The maximum Gasteiger partial charge on any atom is 0.262 e. The molecule has 2 amide bonds. The molecule has 3 rings (SSSR count). The SMILES string of the molecule is O=C(COc1ccccc1C(=O)Nc1ccccc1)Nc1ccc(Br)cc1. The number of nitrogens with one attached hydrogen (secondary N) is 2. The molecule has 6 heteroatoms. The molecule has 0 atom stereocenters. The molecule has 3 aromatic carbocycles. The molecule has 0 aromatic heterocycles. The number of amides is 2. The summed E-state index contributed by atoms with van der Waals surface area (Å²) < 4.78 is 6.50. The molecular formula is C21H17BrN2O3. The summed E-state index contributed by atoms with van der Waals surface area (Å²) in [6, 6.07) is 23.2. The quantitative estimate of drug-likeness (QED) is 0.601. The number of carbonyl (C=O) groups excluding carboxylic acids is 2. The molecule has 0 fully saturated rings. The van der Waals surface area contributed by atoms with E-state index in [-0.39, 0.29) is 18.4 Å². The number of carbonyl (C=O) groups is 2. The van der Waals surface area contributed by atoms with Gasteiger partial charge in [0.2, 0.25) is 0 Å². The van der Waals surface area contributed by atoms with Crippen molar-refractivity contribution in [2.45, 2.75) is 0 Å². The molecule has 0 bridgehead atoms. The van der Waals surface area contributed by atoms with Crippen LogP contribution in [-0.2, 0) is 4.79 Å². The zero-order valence-electron chi connectivity index (χ0n) is 14.3. The summed E-state index contributed by atoms with van der Waals surface area (Å²) in [5.41, 5.74) is 1.71. The number of hydrogen-bond donors (Lipinski definition) is 2. The van der Waals surface area contributed by atoms with Crippen molar-refractivity contribution in [1.82, 2.24) is 0 Å². The fourth-order valence-corrected chi connectivity index (χ4v) is 2.64. The van der Waals surface area contributed by atoms with Crippen LogP contribution in [0.5, 0.6) is 5.75 Å². The topological polar surface area (TPSA) is 67.4 Å². The van der Waals surface area contributed by atoms with Gasteiger partial charge in [0, 0.05) is 15.8 Å². The molecule has 27 heavy (non-hydrogen) atoms. The van der Waals surface area contributed by atoms with Crippen molar-refractivity contribution in [1.29, 1.82) is 0 Å². The number of rotatable bonds is 6. The molecule has 0 aliphatic rings. The molecule has 136 valence electrons. The summed E-state index contributed by atoms with van der Waals surface area (Å²) in [5, 5.41) is 5.55. The van der Waals surface area contributed by atoms with Crippen molar-refractivity contribution in [3.05, 3.63) is 88.9 Å². The van der Waals surface area contributed by atoms with Gasteiger partial charge in [-0.25, -0.2) is 0 Å². The zero-order chi connectivity index (χ0) is 19.1. The van der Waals surface area contributed by atoms with Gasteiger partial charge in [-0.05, 0) is 48.5 Å². The largest absolute Gasteiger partial charge is 0.483 e. The fourth-order valence-electron chi connectivity index (χ4n) is 2.37. The van der Waals surface area contributed by atoms with Crippen molar-refractivity contribution >= 4 is 39.1 Å². The van der Waals surface area contributed by atoms with Gasteiger partial charge in [0.15, 0.2) is 6.61 Å². The minimum absolute atomic E-state index is 0.203. The van der Waals surface area contributed by atoms with Crippen LogP contribution in [0.4, 0.5) is 11.4 Å². The first-order valence-corrected chi connectivity index (χ1v) is 9.05. The first kappa shape index (κ1) is 18.7. The molecule has 0 heterocycles. The Labute approximate surface area is 165 Å². The lowest BCUT2D eigenvalue weighted by atomic mass is 10.2. The van der Waals surface area contributed by atoms with Gasteiger partial charge in [0.1, 0.15) is 5.75 Å². The smallest absolute Gasteiger partial charge is 0.262 e. The highest BCUT2D eigenvalue weighted by Crippen LogP contribution is 2.20. The average molecular weight is 425 g/mol. The molecule has 0 aliphatic heterocycles. The Morgan fingerprint density at radius 1 is 0.778 bits per heavy atom. The van der Waals surface area contributed by atoms with E-state index >= 15 is 0 Å². The van der Waals surface area contributed by atoms with Crippen LogP contribution in [0.3, 0.4) is 0 Å². The van der Waals surface area contributed by atoms with Crippen LogP contribution in [-0.4, -0.2) is 18.4 Å². The van der Waals surface area contributed by atoms with Crippen molar-refractivity contribution in [2.75, 3.05) is 17.2 Å². The highest BCUT2D eigenvalue weighted by Gasteiger charge is 2.13. The second-order valence-corrected chi connectivity index (χ2v) is 6.58. The first-order valence-electron chi connectivity index (χ1n) is 8.25. The summed E-state index contributed by atoms with van der Waals surface area (Å²) in [6.07, 6.45) is 0. The second-order valence-electron chi connectivity index (χ2n) is 5.66. The van der Waals surface area contributed by atoms with E-state index in [4.69, 9.17) is 4.74 Å². The second kappa shape index (κ2) is 9.00. The van der Waals surface area contributed by atoms with Crippen LogP contribution < -0.4 is 15.4 Å². The van der Waals surface area contributed by atoms with Crippen LogP contribution in [0.15, 0.2) is 83.3 Å². The van der Waals surface area contributed by atoms with E-state index in [1.807, 2.05) is 30.3 Å². The third-order valence-electron chi connectivity index (χ3n) is 3.65.